The number of methoxy groups -OCH3 is 2. The second kappa shape index (κ2) is 3.41. The van der Waals surface area contributed by atoms with E-state index in [0.29, 0.717) is 0 Å². The zero-order valence-corrected chi connectivity index (χ0v) is 8.17. The molecule has 0 aliphatic rings. The van der Waals surface area contributed by atoms with Gasteiger partial charge in [0.25, 0.3) is 5.79 Å². The SMILES string of the molecule is COC(OC)(C(=O)O)C(C)(C)C. The fourth-order valence-corrected chi connectivity index (χ4v) is 1.19. The highest BCUT2D eigenvalue weighted by Gasteiger charge is 2.50. The number of carboxylic acid groups (broad SMARTS) is 1. The molecule has 0 unspecified atom stereocenters. The Labute approximate surface area is 72.5 Å². The summed E-state index contributed by atoms with van der Waals surface area (Å²) in [5.41, 5.74) is -0.609. The zero-order valence-electron chi connectivity index (χ0n) is 8.17. The van der Waals surface area contributed by atoms with E-state index in [1.807, 2.05) is 0 Å². The van der Waals surface area contributed by atoms with Crippen LogP contribution in [0.3, 0.4) is 0 Å². The lowest BCUT2D eigenvalue weighted by molar-refractivity contribution is -0.263. The molecular weight excluding hydrogens is 160 g/mol. The maximum Gasteiger partial charge on any atom is 0.364 e. The maximum atomic E-state index is 10.9. The van der Waals surface area contributed by atoms with Crippen molar-refractivity contribution in [3.8, 4) is 0 Å². The van der Waals surface area contributed by atoms with Crippen LogP contribution >= 0.6 is 0 Å². The van der Waals surface area contributed by atoms with Crippen molar-refractivity contribution < 1.29 is 19.4 Å². The molecule has 0 aliphatic carbocycles. The highest BCUT2D eigenvalue weighted by molar-refractivity contribution is 5.76. The second-order valence-electron chi connectivity index (χ2n) is 3.58. The predicted octanol–water partition coefficient (Wildman–Crippen LogP) is 1.11. The molecule has 72 valence electrons. The van der Waals surface area contributed by atoms with Gasteiger partial charge in [0.15, 0.2) is 0 Å². The summed E-state index contributed by atoms with van der Waals surface area (Å²) in [5, 5.41) is 8.91. The minimum Gasteiger partial charge on any atom is -0.477 e. The van der Waals surface area contributed by atoms with Gasteiger partial charge >= 0.3 is 5.97 Å². The van der Waals surface area contributed by atoms with Gasteiger partial charge in [-0.25, -0.2) is 4.79 Å². The van der Waals surface area contributed by atoms with E-state index >= 15 is 0 Å². The fourth-order valence-electron chi connectivity index (χ4n) is 1.19. The molecule has 12 heavy (non-hydrogen) atoms. The molecule has 0 saturated carbocycles. The first-order valence-electron chi connectivity index (χ1n) is 3.65. The van der Waals surface area contributed by atoms with Gasteiger partial charge in [-0.3, -0.25) is 0 Å². The summed E-state index contributed by atoms with van der Waals surface area (Å²) in [4.78, 5) is 10.9. The third-order valence-electron chi connectivity index (χ3n) is 1.84. The van der Waals surface area contributed by atoms with E-state index in [0.717, 1.165) is 0 Å². The van der Waals surface area contributed by atoms with Gasteiger partial charge in [0.1, 0.15) is 0 Å². The summed E-state index contributed by atoms with van der Waals surface area (Å²) >= 11 is 0. The molecule has 0 atom stereocenters. The van der Waals surface area contributed by atoms with E-state index in [4.69, 9.17) is 14.6 Å². The van der Waals surface area contributed by atoms with Crippen molar-refractivity contribution in [3.05, 3.63) is 0 Å². The lowest BCUT2D eigenvalue weighted by atomic mass is 9.85. The minimum absolute atomic E-state index is 0.609. The van der Waals surface area contributed by atoms with E-state index in [1.54, 1.807) is 20.8 Å². The average molecular weight is 176 g/mol. The summed E-state index contributed by atoms with van der Waals surface area (Å²) in [6.45, 7) is 5.23. The standard InChI is InChI=1S/C8H16O4/c1-7(2,3)8(11-4,12-5)6(9)10/h1-5H3,(H,9,10). The molecule has 0 aromatic rings. The molecule has 0 radical (unpaired) electrons. The van der Waals surface area contributed by atoms with Gasteiger partial charge in [0.05, 0.1) is 0 Å². The largest absolute Gasteiger partial charge is 0.477 e. The number of ether oxygens (including phenoxy) is 2. The van der Waals surface area contributed by atoms with Gasteiger partial charge in [0.2, 0.25) is 0 Å². The van der Waals surface area contributed by atoms with Crippen LogP contribution in [0.5, 0.6) is 0 Å². The monoisotopic (exact) mass is 176 g/mol. The summed E-state index contributed by atoms with van der Waals surface area (Å²) < 4.78 is 9.78. The van der Waals surface area contributed by atoms with Crippen molar-refractivity contribution in [2.24, 2.45) is 5.41 Å². The smallest absolute Gasteiger partial charge is 0.364 e. The third-order valence-corrected chi connectivity index (χ3v) is 1.84. The van der Waals surface area contributed by atoms with Gasteiger partial charge in [-0.2, -0.15) is 0 Å². The van der Waals surface area contributed by atoms with Gasteiger partial charge in [0, 0.05) is 19.6 Å². The van der Waals surface area contributed by atoms with Gasteiger partial charge in [-0.15, -0.1) is 0 Å². The Morgan fingerprint density at radius 2 is 1.50 bits per heavy atom. The summed E-state index contributed by atoms with van der Waals surface area (Å²) in [7, 11) is 2.64. The fraction of sp³-hybridized carbons (Fsp3) is 0.875. The summed E-state index contributed by atoms with van der Waals surface area (Å²) in [6.07, 6.45) is 0. The molecule has 0 fully saturated rings. The van der Waals surface area contributed by atoms with E-state index in [-0.39, 0.29) is 0 Å². The molecule has 4 nitrogen and oxygen atoms in total. The molecule has 1 N–H and O–H groups in total. The zero-order chi connectivity index (χ0) is 9.99. The van der Waals surface area contributed by atoms with Crippen LogP contribution in [0.1, 0.15) is 20.8 Å². The summed E-state index contributed by atoms with van der Waals surface area (Å²) in [6, 6.07) is 0. The first-order valence-corrected chi connectivity index (χ1v) is 3.65. The van der Waals surface area contributed by atoms with Crippen LogP contribution in [0, 0.1) is 5.41 Å². The quantitative estimate of drug-likeness (QED) is 0.654. The van der Waals surface area contributed by atoms with Crippen molar-refractivity contribution in [1.82, 2.24) is 0 Å². The molecule has 0 amide bonds. The maximum absolute atomic E-state index is 10.9. The minimum atomic E-state index is -1.56. The number of rotatable bonds is 3. The number of hydrogen-bond acceptors (Lipinski definition) is 3. The Balaban J connectivity index is 4.97. The molecule has 0 spiro atoms. The van der Waals surface area contributed by atoms with Gasteiger partial charge < -0.3 is 14.6 Å². The molecule has 0 heterocycles. The number of aliphatic carboxylic acids is 1. The molecule has 0 bridgehead atoms. The number of hydrogen-bond donors (Lipinski definition) is 1. The molecule has 4 heteroatoms. The lowest BCUT2D eigenvalue weighted by Gasteiger charge is -2.37. The van der Waals surface area contributed by atoms with Crippen LogP contribution in [0.4, 0.5) is 0 Å². The summed E-state index contributed by atoms with van der Waals surface area (Å²) in [5.74, 6) is -2.67. The van der Waals surface area contributed by atoms with Crippen molar-refractivity contribution >= 4 is 5.97 Å². The van der Waals surface area contributed by atoms with E-state index in [9.17, 15) is 4.79 Å². The topological polar surface area (TPSA) is 55.8 Å². The van der Waals surface area contributed by atoms with Crippen LogP contribution in [0.25, 0.3) is 0 Å². The average Bonchev–Trinajstić information content (AvgIpc) is 1.87. The van der Waals surface area contributed by atoms with Crippen molar-refractivity contribution in [1.29, 1.82) is 0 Å². The van der Waals surface area contributed by atoms with E-state index in [2.05, 4.69) is 0 Å². The Hall–Kier alpha value is -0.610. The van der Waals surface area contributed by atoms with Gasteiger partial charge in [-0.1, -0.05) is 20.8 Å². The Bertz CT molecular complexity index is 164. The lowest BCUT2D eigenvalue weighted by Crippen LogP contribution is -2.53. The van der Waals surface area contributed by atoms with E-state index in [1.165, 1.54) is 14.2 Å². The highest BCUT2D eigenvalue weighted by atomic mass is 16.7. The van der Waals surface area contributed by atoms with Crippen LogP contribution in [-0.4, -0.2) is 31.1 Å². The van der Waals surface area contributed by atoms with Crippen molar-refractivity contribution in [2.75, 3.05) is 14.2 Å². The Morgan fingerprint density at radius 1 is 1.17 bits per heavy atom. The molecule has 0 aromatic heterocycles. The van der Waals surface area contributed by atoms with Crippen LogP contribution in [-0.2, 0) is 14.3 Å². The van der Waals surface area contributed by atoms with Gasteiger partial charge in [-0.05, 0) is 0 Å². The molecule has 0 aromatic carbocycles. The first kappa shape index (κ1) is 11.4. The second-order valence-corrected chi connectivity index (χ2v) is 3.58. The van der Waals surface area contributed by atoms with Crippen LogP contribution in [0.15, 0.2) is 0 Å². The van der Waals surface area contributed by atoms with Crippen molar-refractivity contribution in [3.63, 3.8) is 0 Å². The number of carboxylic acids is 1. The Kier molecular flexibility index (Phi) is 3.24. The molecular formula is C8H16O4. The van der Waals surface area contributed by atoms with Crippen molar-refractivity contribution in [2.45, 2.75) is 26.6 Å². The number of carbonyl (C=O) groups is 1. The molecule has 0 saturated heterocycles. The predicted molar refractivity (Wildman–Crippen MR) is 43.8 cm³/mol. The highest BCUT2D eigenvalue weighted by Crippen LogP contribution is 2.34. The molecule has 0 rings (SSSR count). The first-order chi connectivity index (χ1) is 5.31. The van der Waals surface area contributed by atoms with E-state index < -0.39 is 17.2 Å². The Morgan fingerprint density at radius 3 is 1.50 bits per heavy atom. The normalized spacial score (nSPS) is 13.1. The van der Waals surface area contributed by atoms with Crippen LogP contribution < -0.4 is 0 Å². The third kappa shape index (κ3) is 1.59. The molecule has 0 aliphatic heterocycles. The van der Waals surface area contributed by atoms with Crippen LogP contribution in [0.2, 0.25) is 0 Å².